The number of amides is 1. The van der Waals surface area contributed by atoms with Crippen LogP contribution in [0.3, 0.4) is 0 Å². The third kappa shape index (κ3) is 4.01. The van der Waals surface area contributed by atoms with Crippen LogP contribution in [-0.4, -0.2) is 49.7 Å². The fraction of sp³-hybridized carbons (Fsp3) is 0.600. The minimum absolute atomic E-state index is 0.149. The van der Waals surface area contributed by atoms with E-state index in [4.69, 9.17) is 0 Å². The lowest BCUT2D eigenvalue weighted by Crippen LogP contribution is -2.49. The Morgan fingerprint density at radius 2 is 2.32 bits per heavy atom. The van der Waals surface area contributed by atoms with E-state index in [2.05, 4.69) is 25.3 Å². The van der Waals surface area contributed by atoms with E-state index in [1.54, 1.807) is 6.33 Å². The molecular weight excluding hydrogens is 270 g/mol. The Hall–Kier alpha value is -1.45. The number of imidazole rings is 1. The van der Waals surface area contributed by atoms with Crippen molar-refractivity contribution in [1.82, 2.24) is 25.3 Å². The van der Waals surface area contributed by atoms with Crippen LogP contribution < -0.4 is 15.4 Å². The number of aromatic nitrogens is 2. The lowest BCUT2D eigenvalue weighted by atomic mass is 10.0. The summed E-state index contributed by atoms with van der Waals surface area (Å²) in [6.07, 6.45) is 3.23. The molecule has 1 aliphatic heterocycles. The molecule has 0 aromatic carbocycles. The number of carbonyl (C=O) groups excluding carboxylic acids is 1. The predicted molar refractivity (Wildman–Crippen MR) is 68.8 cm³/mol. The molecule has 0 fully saturated rings. The van der Waals surface area contributed by atoms with Gasteiger partial charge in [0, 0.05) is 26.1 Å². The number of carbonyl (C=O) groups is 1. The van der Waals surface area contributed by atoms with E-state index in [0.717, 1.165) is 17.6 Å². The van der Waals surface area contributed by atoms with Crippen molar-refractivity contribution in [1.29, 1.82) is 0 Å². The number of nitrogens with zero attached hydrogens (tertiary/aromatic N) is 1. The first-order valence-electron chi connectivity index (χ1n) is 5.92. The van der Waals surface area contributed by atoms with Gasteiger partial charge in [0.2, 0.25) is 15.9 Å². The predicted octanol–water partition coefficient (Wildman–Crippen LogP) is -1.91. The third-order valence-corrected chi connectivity index (χ3v) is 3.56. The highest BCUT2D eigenvalue weighted by Gasteiger charge is 2.25. The van der Waals surface area contributed by atoms with Crippen LogP contribution in [0.4, 0.5) is 0 Å². The van der Waals surface area contributed by atoms with Crippen LogP contribution in [0.1, 0.15) is 11.4 Å². The smallest absolute Gasteiger partial charge is 0.237 e. The zero-order valence-electron chi connectivity index (χ0n) is 10.6. The number of hydrogen-bond donors (Lipinski definition) is 4. The van der Waals surface area contributed by atoms with Gasteiger partial charge in [0.1, 0.15) is 0 Å². The second-order valence-electron chi connectivity index (χ2n) is 4.42. The molecule has 8 nitrogen and oxygen atoms in total. The minimum Gasteiger partial charge on any atom is -0.353 e. The van der Waals surface area contributed by atoms with Crippen molar-refractivity contribution in [2.24, 2.45) is 0 Å². The topological polar surface area (TPSA) is 116 Å². The zero-order valence-corrected chi connectivity index (χ0v) is 11.4. The lowest BCUT2D eigenvalue weighted by Gasteiger charge is -2.22. The number of hydrogen-bond acceptors (Lipinski definition) is 5. The van der Waals surface area contributed by atoms with E-state index in [0.29, 0.717) is 13.0 Å². The molecule has 4 N–H and O–H groups in total. The first-order valence-corrected chi connectivity index (χ1v) is 7.82. The summed E-state index contributed by atoms with van der Waals surface area (Å²) in [7, 11) is -3.21. The molecule has 1 aromatic rings. The van der Waals surface area contributed by atoms with Gasteiger partial charge in [-0.15, -0.1) is 0 Å². The highest BCUT2D eigenvalue weighted by Crippen LogP contribution is 2.11. The van der Waals surface area contributed by atoms with Crippen LogP contribution in [0.2, 0.25) is 0 Å². The van der Waals surface area contributed by atoms with Gasteiger partial charge in [-0.25, -0.2) is 18.1 Å². The molecule has 0 radical (unpaired) electrons. The zero-order chi connectivity index (χ0) is 13.9. The summed E-state index contributed by atoms with van der Waals surface area (Å²) in [5.41, 5.74) is 1.90. The molecule has 0 saturated carbocycles. The molecule has 1 amide bonds. The number of rotatable bonds is 5. The summed E-state index contributed by atoms with van der Waals surface area (Å²) in [5.74, 6) is -0.149. The molecule has 0 aliphatic carbocycles. The SMILES string of the molecule is CS(=O)(=O)NCCNC(=O)C1Cc2nc[nH]c2CN1. The molecule has 0 bridgehead atoms. The van der Waals surface area contributed by atoms with E-state index in [1.807, 2.05) is 0 Å². The van der Waals surface area contributed by atoms with Crippen LogP contribution in [0, 0.1) is 0 Å². The van der Waals surface area contributed by atoms with Crippen molar-refractivity contribution in [3.05, 3.63) is 17.7 Å². The van der Waals surface area contributed by atoms with Gasteiger partial charge in [-0.1, -0.05) is 0 Å². The van der Waals surface area contributed by atoms with E-state index >= 15 is 0 Å². The third-order valence-electron chi connectivity index (χ3n) is 2.84. The molecule has 1 aromatic heterocycles. The normalized spacial score (nSPS) is 18.9. The summed E-state index contributed by atoms with van der Waals surface area (Å²) < 4.78 is 24.0. The van der Waals surface area contributed by atoms with Gasteiger partial charge in [0.25, 0.3) is 0 Å². The van der Waals surface area contributed by atoms with E-state index in [1.165, 1.54) is 0 Å². The molecule has 2 rings (SSSR count). The average molecular weight is 287 g/mol. The average Bonchev–Trinajstić information content (AvgIpc) is 2.80. The minimum atomic E-state index is -3.21. The highest BCUT2D eigenvalue weighted by atomic mass is 32.2. The second-order valence-corrected chi connectivity index (χ2v) is 6.26. The highest BCUT2D eigenvalue weighted by molar-refractivity contribution is 7.88. The summed E-state index contributed by atoms with van der Waals surface area (Å²) in [6.45, 7) is 1.03. The summed E-state index contributed by atoms with van der Waals surface area (Å²) in [6, 6.07) is -0.325. The van der Waals surface area contributed by atoms with Gasteiger partial charge < -0.3 is 10.3 Å². The van der Waals surface area contributed by atoms with Gasteiger partial charge in [0.05, 0.1) is 30.0 Å². The van der Waals surface area contributed by atoms with Crippen LogP contribution in [0.5, 0.6) is 0 Å². The molecule has 1 aliphatic rings. The molecule has 19 heavy (non-hydrogen) atoms. The first kappa shape index (κ1) is 14.0. The molecule has 0 spiro atoms. The number of aromatic amines is 1. The molecular formula is C10H17N5O3S. The molecule has 2 heterocycles. The molecule has 9 heteroatoms. The second kappa shape index (κ2) is 5.68. The largest absolute Gasteiger partial charge is 0.353 e. The fourth-order valence-corrected chi connectivity index (χ4v) is 2.37. The Balaban J connectivity index is 1.76. The van der Waals surface area contributed by atoms with Gasteiger partial charge in [0.15, 0.2) is 0 Å². The maximum atomic E-state index is 11.9. The lowest BCUT2D eigenvalue weighted by molar-refractivity contribution is -0.123. The Morgan fingerprint density at radius 1 is 1.53 bits per heavy atom. The molecule has 106 valence electrons. The van der Waals surface area contributed by atoms with Crippen LogP contribution in [0.25, 0.3) is 0 Å². The van der Waals surface area contributed by atoms with E-state index < -0.39 is 10.0 Å². The number of nitrogens with one attached hydrogen (secondary N) is 4. The van der Waals surface area contributed by atoms with Crippen LogP contribution >= 0.6 is 0 Å². The van der Waals surface area contributed by atoms with Gasteiger partial charge in [-0.3, -0.25) is 10.1 Å². The Bertz CT molecular complexity index is 553. The maximum absolute atomic E-state index is 11.9. The van der Waals surface area contributed by atoms with Gasteiger partial charge in [-0.05, 0) is 0 Å². The number of sulfonamides is 1. The Morgan fingerprint density at radius 3 is 3.05 bits per heavy atom. The van der Waals surface area contributed by atoms with Crippen LogP contribution in [-0.2, 0) is 27.8 Å². The standard InChI is InChI=1S/C10H17N5O3S/c1-19(17,18)15-3-2-11-10(16)8-4-7-9(5-12-8)14-6-13-7/h6,8,12,15H,2-5H2,1H3,(H,11,16)(H,13,14). The monoisotopic (exact) mass is 287 g/mol. The summed E-state index contributed by atoms with van der Waals surface area (Å²) in [5, 5.41) is 5.78. The van der Waals surface area contributed by atoms with Crippen LogP contribution in [0.15, 0.2) is 6.33 Å². The quantitative estimate of drug-likeness (QED) is 0.472. The molecule has 1 atom stereocenters. The maximum Gasteiger partial charge on any atom is 0.237 e. The number of H-pyrrole nitrogens is 1. The van der Waals surface area contributed by atoms with Gasteiger partial charge in [-0.2, -0.15) is 0 Å². The fourth-order valence-electron chi connectivity index (χ4n) is 1.90. The summed E-state index contributed by atoms with van der Waals surface area (Å²) in [4.78, 5) is 19.0. The Kier molecular flexibility index (Phi) is 4.17. The van der Waals surface area contributed by atoms with Crippen molar-refractivity contribution < 1.29 is 13.2 Å². The van der Waals surface area contributed by atoms with E-state index in [-0.39, 0.29) is 25.0 Å². The first-order chi connectivity index (χ1) is 8.96. The van der Waals surface area contributed by atoms with Crippen molar-refractivity contribution in [3.8, 4) is 0 Å². The van der Waals surface area contributed by atoms with Crippen molar-refractivity contribution in [3.63, 3.8) is 0 Å². The number of fused-ring (bicyclic) bond motifs is 1. The van der Waals surface area contributed by atoms with Gasteiger partial charge >= 0.3 is 0 Å². The van der Waals surface area contributed by atoms with Crippen molar-refractivity contribution in [2.75, 3.05) is 19.3 Å². The molecule has 1 unspecified atom stereocenters. The van der Waals surface area contributed by atoms with Crippen molar-refractivity contribution in [2.45, 2.75) is 19.0 Å². The Labute approximate surface area is 111 Å². The van der Waals surface area contributed by atoms with Crippen molar-refractivity contribution >= 4 is 15.9 Å². The summed E-state index contributed by atoms with van der Waals surface area (Å²) >= 11 is 0. The molecule has 0 saturated heterocycles. The van der Waals surface area contributed by atoms with E-state index in [9.17, 15) is 13.2 Å².